The summed E-state index contributed by atoms with van der Waals surface area (Å²) in [6, 6.07) is 7.31. The Kier molecular flexibility index (Phi) is 3.92. The molecule has 2 aromatic rings. The molecule has 1 saturated carbocycles. The standard InChI is InChI=1S/C15H19N3O3S/c1-18-10-14(9-16-18)22(19,20)17-15(11-3-4-11)12-5-7-13(21-2)8-6-12/h5-11,15,17H,3-4H2,1-2H3/t15-/m0/s1. The van der Waals surface area contributed by atoms with Gasteiger partial charge in [-0.2, -0.15) is 5.10 Å². The summed E-state index contributed by atoms with van der Waals surface area (Å²) < 4.78 is 34.4. The highest BCUT2D eigenvalue weighted by Gasteiger charge is 2.35. The first-order chi connectivity index (χ1) is 10.5. The fourth-order valence-corrected chi connectivity index (χ4v) is 3.73. The maximum absolute atomic E-state index is 12.5. The molecule has 0 spiro atoms. The second-order valence-electron chi connectivity index (χ2n) is 5.56. The predicted octanol–water partition coefficient (Wildman–Crippen LogP) is 1.86. The van der Waals surface area contributed by atoms with Gasteiger partial charge in [-0.15, -0.1) is 0 Å². The van der Waals surface area contributed by atoms with Gasteiger partial charge in [0.05, 0.1) is 13.3 Å². The fraction of sp³-hybridized carbons (Fsp3) is 0.400. The Balaban J connectivity index is 1.85. The first-order valence-electron chi connectivity index (χ1n) is 7.14. The van der Waals surface area contributed by atoms with Crippen LogP contribution in [0.3, 0.4) is 0 Å². The van der Waals surface area contributed by atoms with Crippen LogP contribution in [-0.2, 0) is 17.1 Å². The van der Waals surface area contributed by atoms with Gasteiger partial charge in [0.25, 0.3) is 0 Å². The quantitative estimate of drug-likeness (QED) is 0.881. The van der Waals surface area contributed by atoms with Crippen LogP contribution in [0, 0.1) is 5.92 Å². The number of ether oxygens (including phenoxy) is 1. The van der Waals surface area contributed by atoms with Gasteiger partial charge in [0.2, 0.25) is 10.0 Å². The Morgan fingerprint density at radius 1 is 1.32 bits per heavy atom. The van der Waals surface area contributed by atoms with E-state index in [4.69, 9.17) is 4.74 Å². The Morgan fingerprint density at radius 2 is 2.00 bits per heavy atom. The van der Waals surface area contributed by atoms with Crippen molar-refractivity contribution in [2.24, 2.45) is 13.0 Å². The Bertz CT molecular complexity index is 749. The van der Waals surface area contributed by atoms with Crippen LogP contribution in [0.5, 0.6) is 5.75 Å². The van der Waals surface area contributed by atoms with Crippen molar-refractivity contribution in [2.75, 3.05) is 7.11 Å². The fourth-order valence-electron chi connectivity index (χ4n) is 2.45. The highest BCUT2D eigenvalue weighted by atomic mass is 32.2. The van der Waals surface area contributed by atoms with E-state index >= 15 is 0 Å². The molecule has 0 unspecified atom stereocenters. The lowest BCUT2D eigenvalue weighted by atomic mass is 10.0. The number of hydrogen-bond acceptors (Lipinski definition) is 4. The maximum atomic E-state index is 12.5. The summed E-state index contributed by atoms with van der Waals surface area (Å²) in [4.78, 5) is 0.189. The predicted molar refractivity (Wildman–Crippen MR) is 82.0 cm³/mol. The van der Waals surface area contributed by atoms with Crippen LogP contribution in [0.1, 0.15) is 24.4 Å². The van der Waals surface area contributed by atoms with Gasteiger partial charge in [0, 0.05) is 19.3 Å². The molecule has 0 aliphatic heterocycles. The number of aryl methyl sites for hydroxylation is 1. The molecule has 0 bridgehead atoms. The zero-order valence-electron chi connectivity index (χ0n) is 12.6. The molecule has 1 aromatic carbocycles. The molecule has 6 nitrogen and oxygen atoms in total. The summed E-state index contributed by atoms with van der Waals surface area (Å²) in [6.45, 7) is 0. The number of nitrogens with zero attached hydrogens (tertiary/aromatic N) is 2. The minimum absolute atomic E-state index is 0.189. The van der Waals surface area contributed by atoms with Crippen molar-refractivity contribution >= 4 is 10.0 Å². The molecule has 3 rings (SSSR count). The van der Waals surface area contributed by atoms with Crippen molar-refractivity contribution in [1.82, 2.24) is 14.5 Å². The van der Waals surface area contributed by atoms with Gasteiger partial charge in [-0.1, -0.05) is 12.1 Å². The van der Waals surface area contributed by atoms with E-state index < -0.39 is 10.0 Å². The molecule has 0 radical (unpaired) electrons. The molecule has 1 aliphatic rings. The van der Waals surface area contributed by atoms with Crippen molar-refractivity contribution in [1.29, 1.82) is 0 Å². The maximum Gasteiger partial charge on any atom is 0.244 e. The van der Waals surface area contributed by atoms with Crippen molar-refractivity contribution in [2.45, 2.75) is 23.8 Å². The minimum Gasteiger partial charge on any atom is -0.497 e. The second kappa shape index (κ2) is 5.73. The van der Waals surface area contributed by atoms with Gasteiger partial charge in [0.15, 0.2) is 0 Å². The molecule has 1 N–H and O–H groups in total. The van der Waals surface area contributed by atoms with E-state index in [1.165, 1.54) is 17.1 Å². The molecule has 7 heteroatoms. The van der Waals surface area contributed by atoms with E-state index in [9.17, 15) is 8.42 Å². The van der Waals surface area contributed by atoms with E-state index in [1.807, 2.05) is 24.3 Å². The first-order valence-corrected chi connectivity index (χ1v) is 8.63. The summed E-state index contributed by atoms with van der Waals surface area (Å²) in [5.74, 6) is 1.10. The molecular formula is C15H19N3O3S. The van der Waals surface area contributed by atoms with Crippen molar-refractivity contribution in [3.63, 3.8) is 0 Å². The average Bonchev–Trinajstić information content (AvgIpc) is 3.25. The summed E-state index contributed by atoms with van der Waals surface area (Å²) in [5.41, 5.74) is 0.954. The lowest BCUT2D eigenvalue weighted by Gasteiger charge is -2.18. The number of benzene rings is 1. The highest BCUT2D eigenvalue weighted by molar-refractivity contribution is 7.89. The van der Waals surface area contributed by atoms with Gasteiger partial charge in [-0.3, -0.25) is 4.68 Å². The Hall–Kier alpha value is -1.86. The van der Waals surface area contributed by atoms with Crippen LogP contribution >= 0.6 is 0 Å². The molecule has 0 amide bonds. The van der Waals surface area contributed by atoms with Crippen LogP contribution < -0.4 is 9.46 Å². The van der Waals surface area contributed by atoms with Crippen LogP contribution in [-0.4, -0.2) is 25.3 Å². The number of methoxy groups -OCH3 is 1. The van der Waals surface area contributed by atoms with Gasteiger partial charge in [0.1, 0.15) is 10.6 Å². The average molecular weight is 321 g/mol. The van der Waals surface area contributed by atoms with Gasteiger partial charge < -0.3 is 4.74 Å². The molecular weight excluding hydrogens is 302 g/mol. The van der Waals surface area contributed by atoms with Crippen LogP contribution in [0.4, 0.5) is 0 Å². The highest BCUT2D eigenvalue weighted by Crippen LogP contribution is 2.42. The van der Waals surface area contributed by atoms with Gasteiger partial charge in [-0.05, 0) is 36.5 Å². The van der Waals surface area contributed by atoms with Crippen molar-refractivity contribution in [3.8, 4) is 5.75 Å². The largest absolute Gasteiger partial charge is 0.497 e. The molecule has 22 heavy (non-hydrogen) atoms. The SMILES string of the molecule is COc1ccc([C@@H](NS(=O)(=O)c2cnn(C)c2)C2CC2)cc1. The normalized spacial score (nSPS) is 16.5. The van der Waals surface area contributed by atoms with E-state index in [0.717, 1.165) is 24.2 Å². The summed E-state index contributed by atoms with van der Waals surface area (Å²) >= 11 is 0. The van der Waals surface area contributed by atoms with Crippen LogP contribution in [0.15, 0.2) is 41.6 Å². The third-order valence-corrected chi connectivity index (χ3v) is 5.24. The number of nitrogens with one attached hydrogen (secondary N) is 1. The second-order valence-corrected chi connectivity index (χ2v) is 7.27. The van der Waals surface area contributed by atoms with Gasteiger partial charge in [-0.25, -0.2) is 13.1 Å². The molecule has 118 valence electrons. The smallest absolute Gasteiger partial charge is 0.244 e. The third kappa shape index (κ3) is 3.15. The van der Waals surface area contributed by atoms with Gasteiger partial charge >= 0.3 is 0 Å². The number of hydrogen-bond donors (Lipinski definition) is 1. The minimum atomic E-state index is -3.57. The lowest BCUT2D eigenvalue weighted by molar-refractivity contribution is 0.414. The number of sulfonamides is 1. The van der Waals surface area contributed by atoms with E-state index in [0.29, 0.717) is 5.92 Å². The third-order valence-electron chi connectivity index (χ3n) is 3.84. The number of rotatable bonds is 6. The monoisotopic (exact) mass is 321 g/mol. The summed E-state index contributed by atoms with van der Waals surface area (Å²) in [5, 5.41) is 3.93. The van der Waals surface area contributed by atoms with E-state index in [2.05, 4.69) is 9.82 Å². The Morgan fingerprint density at radius 3 is 2.50 bits per heavy atom. The molecule has 0 saturated heterocycles. The van der Waals surface area contributed by atoms with Crippen LogP contribution in [0.25, 0.3) is 0 Å². The van der Waals surface area contributed by atoms with E-state index in [-0.39, 0.29) is 10.9 Å². The number of aromatic nitrogens is 2. The molecule has 1 fully saturated rings. The van der Waals surface area contributed by atoms with Crippen molar-refractivity contribution < 1.29 is 13.2 Å². The van der Waals surface area contributed by atoms with Crippen LogP contribution in [0.2, 0.25) is 0 Å². The lowest BCUT2D eigenvalue weighted by Crippen LogP contribution is -2.29. The molecule has 1 heterocycles. The zero-order valence-corrected chi connectivity index (χ0v) is 13.4. The first kappa shape index (κ1) is 15.1. The molecule has 1 aliphatic carbocycles. The summed E-state index contributed by atoms with van der Waals surface area (Å²) in [7, 11) is -0.267. The Labute approximate surface area is 130 Å². The summed E-state index contributed by atoms with van der Waals surface area (Å²) in [6.07, 6.45) is 4.93. The molecule has 1 aromatic heterocycles. The molecule has 1 atom stereocenters. The topological polar surface area (TPSA) is 73.2 Å². The zero-order chi connectivity index (χ0) is 15.7. The van der Waals surface area contributed by atoms with E-state index in [1.54, 1.807) is 14.2 Å². The van der Waals surface area contributed by atoms with Crippen molar-refractivity contribution in [3.05, 3.63) is 42.2 Å².